The molecule has 1 nitrogen and oxygen atoms in total. The fourth-order valence-electron chi connectivity index (χ4n) is 3.24. The maximum Gasteiger partial charge on any atom is 0.0119 e. The van der Waals surface area contributed by atoms with Crippen molar-refractivity contribution >= 4 is 12.4 Å². The van der Waals surface area contributed by atoms with Crippen LogP contribution in [0.2, 0.25) is 0 Å². The summed E-state index contributed by atoms with van der Waals surface area (Å²) in [5, 5.41) is 3.47. The number of piperidine rings is 1. The standard InChI is InChI=1S/C18H21N.ClH/c1-3-7-15(8-4-1)18(16-9-5-2-6-10-16)17-11-13-19-14-12-17;/h1-10,17-19H,11-14H2;1H. The molecule has 0 aliphatic carbocycles. The zero-order chi connectivity index (χ0) is 12.9. The van der Waals surface area contributed by atoms with Gasteiger partial charge < -0.3 is 5.32 Å². The maximum atomic E-state index is 3.47. The third kappa shape index (κ3) is 3.41. The molecule has 1 fully saturated rings. The van der Waals surface area contributed by atoms with Crippen molar-refractivity contribution in [2.75, 3.05) is 13.1 Å². The van der Waals surface area contributed by atoms with Gasteiger partial charge in [-0.15, -0.1) is 12.4 Å². The second kappa shape index (κ2) is 7.47. The van der Waals surface area contributed by atoms with Crippen molar-refractivity contribution < 1.29 is 0 Å². The molecule has 0 atom stereocenters. The second-order valence-electron chi connectivity index (χ2n) is 5.39. The maximum absolute atomic E-state index is 3.47. The van der Waals surface area contributed by atoms with Crippen molar-refractivity contribution in [3.8, 4) is 0 Å². The summed E-state index contributed by atoms with van der Waals surface area (Å²) in [6.07, 6.45) is 2.54. The Bertz CT molecular complexity index is 452. The molecule has 106 valence electrons. The van der Waals surface area contributed by atoms with Crippen LogP contribution in [0, 0.1) is 5.92 Å². The summed E-state index contributed by atoms with van der Waals surface area (Å²) >= 11 is 0. The van der Waals surface area contributed by atoms with Crippen LogP contribution in [0.5, 0.6) is 0 Å². The first-order chi connectivity index (χ1) is 9.45. The lowest BCUT2D eigenvalue weighted by Gasteiger charge is -2.31. The van der Waals surface area contributed by atoms with E-state index in [2.05, 4.69) is 66.0 Å². The fraction of sp³-hybridized carbons (Fsp3) is 0.333. The molecule has 2 aromatic carbocycles. The minimum Gasteiger partial charge on any atom is -0.317 e. The molecule has 0 radical (unpaired) electrons. The zero-order valence-electron chi connectivity index (χ0n) is 11.7. The van der Waals surface area contributed by atoms with Gasteiger partial charge in [-0.05, 0) is 43.0 Å². The molecule has 0 aromatic heterocycles. The van der Waals surface area contributed by atoms with Crippen molar-refractivity contribution in [3.63, 3.8) is 0 Å². The highest BCUT2D eigenvalue weighted by Gasteiger charge is 2.25. The molecule has 0 unspecified atom stereocenters. The van der Waals surface area contributed by atoms with E-state index < -0.39 is 0 Å². The number of hydrogen-bond donors (Lipinski definition) is 1. The predicted molar refractivity (Wildman–Crippen MR) is 87.6 cm³/mol. The largest absolute Gasteiger partial charge is 0.317 e. The smallest absolute Gasteiger partial charge is 0.0119 e. The van der Waals surface area contributed by atoms with Crippen LogP contribution >= 0.6 is 12.4 Å². The summed E-state index contributed by atoms with van der Waals surface area (Å²) in [7, 11) is 0. The molecular weight excluding hydrogens is 266 g/mol. The predicted octanol–water partition coefficient (Wildman–Crippen LogP) is 4.24. The van der Waals surface area contributed by atoms with Crippen LogP contribution < -0.4 is 5.32 Å². The van der Waals surface area contributed by atoms with Gasteiger partial charge in [-0.2, -0.15) is 0 Å². The van der Waals surface area contributed by atoms with Gasteiger partial charge in [-0.1, -0.05) is 60.7 Å². The first-order valence-electron chi connectivity index (χ1n) is 7.26. The van der Waals surface area contributed by atoms with Crippen LogP contribution in [-0.4, -0.2) is 13.1 Å². The minimum atomic E-state index is 0. The molecule has 20 heavy (non-hydrogen) atoms. The van der Waals surface area contributed by atoms with Crippen LogP contribution in [0.25, 0.3) is 0 Å². The van der Waals surface area contributed by atoms with Gasteiger partial charge in [0.05, 0.1) is 0 Å². The van der Waals surface area contributed by atoms with Crippen LogP contribution in [-0.2, 0) is 0 Å². The van der Waals surface area contributed by atoms with Gasteiger partial charge >= 0.3 is 0 Å². The Morgan fingerprint density at radius 1 is 0.750 bits per heavy atom. The van der Waals surface area contributed by atoms with E-state index in [1.165, 1.54) is 24.0 Å². The quantitative estimate of drug-likeness (QED) is 0.890. The lowest BCUT2D eigenvalue weighted by atomic mass is 9.76. The second-order valence-corrected chi connectivity index (χ2v) is 5.39. The molecule has 1 aliphatic rings. The van der Waals surface area contributed by atoms with Gasteiger partial charge in [0.15, 0.2) is 0 Å². The Morgan fingerprint density at radius 2 is 1.20 bits per heavy atom. The molecule has 2 heteroatoms. The Labute approximate surface area is 127 Å². The molecule has 1 N–H and O–H groups in total. The van der Waals surface area contributed by atoms with Gasteiger partial charge in [-0.25, -0.2) is 0 Å². The average molecular weight is 288 g/mol. The first-order valence-corrected chi connectivity index (χ1v) is 7.26. The van der Waals surface area contributed by atoms with Crippen molar-refractivity contribution in [3.05, 3.63) is 71.8 Å². The highest BCUT2D eigenvalue weighted by molar-refractivity contribution is 5.85. The molecule has 0 saturated carbocycles. The first kappa shape index (κ1) is 15.1. The monoisotopic (exact) mass is 287 g/mol. The molecular formula is C18H22ClN. The van der Waals surface area contributed by atoms with Crippen molar-refractivity contribution in [2.45, 2.75) is 18.8 Å². The number of nitrogens with one attached hydrogen (secondary N) is 1. The molecule has 3 rings (SSSR count). The van der Waals surface area contributed by atoms with Gasteiger partial charge in [0.1, 0.15) is 0 Å². The summed E-state index contributed by atoms with van der Waals surface area (Å²) in [4.78, 5) is 0. The SMILES string of the molecule is Cl.c1ccc(C(c2ccccc2)C2CCNCC2)cc1. The lowest BCUT2D eigenvalue weighted by Crippen LogP contribution is -2.31. The molecule has 1 aliphatic heterocycles. The summed E-state index contributed by atoms with van der Waals surface area (Å²) in [6.45, 7) is 2.31. The molecule has 0 amide bonds. The highest BCUT2D eigenvalue weighted by atomic mass is 35.5. The number of benzene rings is 2. The number of rotatable bonds is 3. The Kier molecular flexibility index (Phi) is 5.63. The van der Waals surface area contributed by atoms with E-state index in [-0.39, 0.29) is 12.4 Å². The van der Waals surface area contributed by atoms with Gasteiger partial charge in [0, 0.05) is 5.92 Å². The average Bonchev–Trinajstić information content (AvgIpc) is 2.51. The Hall–Kier alpha value is -1.31. The summed E-state index contributed by atoms with van der Waals surface area (Å²) in [5.41, 5.74) is 2.92. The molecule has 0 spiro atoms. The Balaban J connectivity index is 0.00000147. The van der Waals surface area contributed by atoms with E-state index in [0.717, 1.165) is 19.0 Å². The summed E-state index contributed by atoms with van der Waals surface area (Å²) in [5.74, 6) is 1.30. The highest BCUT2D eigenvalue weighted by Crippen LogP contribution is 2.36. The Morgan fingerprint density at radius 3 is 1.65 bits per heavy atom. The van der Waals surface area contributed by atoms with E-state index in [9.17, 15) is 0 Å². The van der Waals surface area contributed by atoms with Crippen LogP contribution in [0.3, 0.4) is 0 Å². The van der Waals surface area contributed by atoms with Crippen LogP contribution in [0.1, 0.15) is 29.9 Å². The van der Waals surface area contributed by atoms with E-state index in [1.54, 1.807) is 0 Å². The zero-order valence-corrected chi connectivity index (χ0v) is 12.5. The minimum absolute atomic E-state index is 0. The van der Waals surface area contributed by atoms with E-state index in [0.29, 0.717) is 5.92 Å². The van der Waals surface area contributed by atoms with Gasteiger partial charge in [-0.3, -0.25) is 0 Å². The van der Waals surface area contributed by atoms with Crippen molar-refractivity contribution in [2.24, 2.45) is 5.92 Å². The molecule has 2 aromatic rings. The molecule has 0 bridgehead atoms. The van der Waals surface area contributed by atoms with Crippen molar-refractivity contribution in [1.82, 2.24) is 5.32 Å². The van der Waals surface area contributed by atoms with Crippen molar-refractivity contribution in [1.29, 1.82) is 0 Å². The van der Waals surface area contributed by atoms with E-state index >= 15 is 0 Å². The van der Waals surface area contributed by atoms with Crippen LogP contribution in [0.15, 0.2) is 60.7 Å². The molecule has 1 saturated heterocycles. The topological polar surface area (TPSA) is 12.0 Å². The van der Waals surface area contributed by atoms with E-state index in [4.69, 9.17) is 0 Å². The van der Waals surface area contributed by atoms with Gasteiger partial charge in [0.25, 0.3) is 0 Å². The summed E-state index contributed by atoms with van der Waals surface area (Å²) < 4.78 is 0. The summed E-state index contributed by atoms with van der Waals surface area (Å²) in [6, 6.07) is 22.0. The third-order valence-electron chi connectivity index (χ3n) is 4.17. The normalized spacial score (nSPS) is 15.8. The lowest BCUT2D eigenvalue weighted by molar-refractivity contribution is 0.342. The van der Waals surface area contributed by atoms with E-state index in [1.807, 2.05) is 0 Å². The van der Waals surface area contributed by atoms with Crippen LogP contribution in [0.4, 0.5) is 0 Å². The molecule has 1 heterocycles. The van der Waals surface area contributed by atoms with Gasteiger partial charge in [0.2, 0.25) is 0 Å². The number of hydrogen-bond acceptors (Lipinski definition) is 1. The third-order valence-corrected chi connectivity index (χ3v) is 4.17. The fourth-order valence-corrected chi connectivity index (χ4v) is 3.24. The number of halogens is 1.